The summed E-state index contributed by atoms with van der Waals surface area (Å²) in [5, 5.41) is 3.25. The molecule has 1 aromatic rings. The smallest absolute Gasteiger partial charge is 0.220 e. The van der Waals surface area contributed by atoms with E-state index in [4.69, 9.17) is 4.74 Å². The third-order valence-electron chi connectivity index (χ3n) is 5.98. The first-order chi connectivity index (χ1) is 12.6. The van der Waals surface area contributed by atoms with Gasteiger partial charge in [-0.05, 0) is 51.9 Å². The molecular formula is C21H33N3O2. The molecule has 5 nitrogen and oxygen atoms in total. The number of morpholine rings is 1. The minimum Gasteiger partial charge on any atom is -0.379 e. The van der Waals surface area contributed by atoms with E-state index in [1.54, 1.807) is 0 Å². The standard InChI is InChI=1S/C21H33N3O2/c1-18-3-5-19(6-4-18)7-8-20(25)22-17-21(9-11-23(2)12-10-21)24-13-15-26-16-14-24/h3-6H,7-17H2,1-2H3,(H,22,25). The van der Waals surface area contributed by atoms with Crippen molar-refractivity contribution in [2.75, 3.05) is 53.0 Å². The van der Waals surface area contributed by atoms with Crippen LogP contribution in [0.1, 0.15) is 30.4 Å². The minimum atomic E-state index is 0.0931. The van der Waals surface area contributed by atoms with Gasteiger partial charge >= 0.3 is 0 Å². The van der Waals surface area contributed by atoms with E-state index in [9.17, 15) is 4.79 Å². The van der Waals surface area contributed by atoms with E-state index in [-0.39, 0.29) is 11.4 Å². The molecule has 1 N–H and O–H groups in total. The maximum Gasteiger partial charge on any atom is 0.220 e. The van der Waals surface area contributed by atoms with Crippen LogP contribution in [0.3, 0.4) is 0 Å². The number of aryl methyl sites for hydroxylation is 2. The van der Waals surface area contributed by atoms with Crippen LogP contribution < -0.4 is 5.32 Å². The van der Waals surface area contributed by atoms with E-state index in [0.29, 0.717) is 6.42 Å². The molecular weight excluding hydrogens is 326 g/mol. The highest BCUT2D eigenvalue weighted by atomic mass is 16.5. The molecule has 2 fully saturated rings. The summed E-state index contributed by atoms with van der Waals surface area (Å²) < 4.78 is 5.54. The van der Waals surface area contributed by atoms with Gasteiger partial charge in [0, 0.05) is 31.6 Å². The Kier molecular flexibility index (Phi) is 6.68. The highest BCUT2D eigenvalue weighted by Gasteiger charge is 2.39. The molecule has 2 aliphatic rings. The monoisotopic (exact) mass is 359 g/mol. The first kappa shape index (κ1) is 19.3. The zero-order chi connectivity index (χ0) is 18.4. The lowest BCUT2D eigenvalue weighted by atomic mass is 9.85. The summed E-state index contributed by atoms with van der Waals surface area (Å²) in [6, 6.07) is 8.46. The summed E-state index contributed by atoms with van der Waals surface area (Å²) in [6.45, 7) is 8.59. The Labute approximate surface area is 157 Å². The molecule has 2 aliphatic heterocycles. The summed E-state index contributed by atoms with van der Waals surface area (Å²) in [5.74, 6) is 0.164. The van der Waals surface area contributed by atoms with Gasteiger partial charge < -0.3 is 15.0 Å². The van der Waals surface area contributed by atoms with Crippen LogP contribution in [0.25, 0.3) is 0 Å². The number of ether oxygens (including phenoxy) is 1. The SMILES string of the molecule is Cc1ccc(CCC(=O)NCC2(N3CCOCC3)CCN(C)CC2)cc1. The maximum atomic E-state index is 12.5. The highest BCUT2D eigenvalue weighted by Crippen LogP contribution is 2.29. The molecule has 1 aromatic carbocycles. The first-order valence-corrected chi connectivity index (χ1v) is 9.91. The largest absolute Gasteiger partial charge is 0.379 e. The summed E-state index contributed by atoms with van der Waals surface area (Å²) >= 11 is 0. The van der Waals surface area contributed by atoms with Gasteiger partial charge in [0.1, 0.15) is 0 Å². The van der Waals surface area contributed by atoms with Crippen LogP contribution >= 0.6 is 0 Å². The van der Waals surface area contributed by atoms with E-state index in [0.717, 1.165) is 65.2 Å². The average molecular weight is 360 g/mol. The molecule has 0 aliphatic carbocycles. The number of carbonyl (C=O) groups is 1. The number of rotatable bonds is 6. The van der Waals surface area contributed by atoms with Crippen LogP contribution in [0, 0.1) is 6.92 Å². The highest BCUT2D eigenvalue weighted by molar-refractivity contribution is 5.76. The molecule has 1 amide bonds. The van der Waals surface area contributed by atoms with Gasteiger partial charge in [-0.3, -0.25) is 9.69 Å². The number of nitrogens with zero attached hydrogens (tertiary/aromatic N) is 2. The molecule has 3 rings (SSSR count). The van der Waals surface area contributed by atoms with Crippen molar-refractivity contribution in [2.24, 2.45) is 0 Å². The van der Waals surface area contributed by atoms with Gasteiger partial charge in [0.25, 0.3) is 0 Å². The van der Waals surface area contributed by atoms with E-state index < -0.39 is 0 Å². The number of benzene rings is 1. The Morgan fingerprint density at radius 3 is 2.42 bits per heavy atom. The normalized spacial score (nSPS) is 21.5. The fraction of sp³-hybridized carbons (Fsp3) is 0.667. The van der Waals surface area contributed by atoms with Gasteiger partial charge in [-0.15, -0.1) is 0 Å². The minimum absolute atomic E-state index is 0.0931. The van der Waals surface area contributed by atoms with Gasteiger partial charge in [0.15, 0.2) is 0 Å². The number of nitrogens with one attached hydrogen (secondary N) is 1. The molecule has 0 saturated carbocycles. The zero-order valence-corrected chi connectivity index (χ0v) is 16.3. The van der Waals surface area contributed by atoms with Gasteiger partial charge in [-0.25, -0.2) is 0 Å². The van der Waals surface area contributed by atoms with Crippen molar-refractivity contribution in [1.29, 1.82) is 0 Å². The molecule has 0 spiro atoms. The van der Waals surface area contributed by atoms with Crippen molar-refractivity contribution in [1.82, 2.24) is 15.1 Å². The van der Waals surface area contributed by atoms with Crippen LogP contribution in [0.4, 0.5) is 0 Å². The second-order valence-electron chi connectivity index (χ2n) is 7.89. The zero-order valence-electron chi connectivity index (χ0n) is 16.3. The second-order valence-corrected chi connectivity index (χ2v) is 7.89. The molecule has 0 unspecified atom stereocenters. The number of piperidine rings is 1. The summed E-state index contributed by atoms with van der Waals surface area (Å²) in [4.78, 5) is 17.4. The molecule has 2 heterocycles. The van der Waals surface area contributed by atoms with E-state index in [2.05, 4.69) is 53.4 Å². The predicted molar refractivity (Wildman–Crippen MR) is 104 cm³/mol. The lowest BCUT2D eigenvalue weighted by Crippen LogP contribution is -2.62. The third kappa shape index (κ3) is 5.06. The summed E-state index contributed by atoms with van der Waals surface area (Å²) in [5.41, 5.74) is 2.58. The van der Waals surface area contributed by atoms with Crippen molar-refractivity contribution in [3.05, 3.63) is 35.4 Å². The van der Waals surface area contributed by atoms with Crippen molar-refractivity contribution in [3.63, 3.8) is 0 Å². The average Bonchev–Trinajstić information content (AvgIpc) is 2.68. The van der Waals surface area contributed by atoms with Crippen molar-refractivity contribution < 1.29 is 9.53 Å². The van der Waals surface area contributed by atoms with E-state index in [1.165, 1.54) is 11.1 Å². The summed E-state index contributed by atoms with van der Waals surface area (Å²) in [7, 11) is 2.18. The summed E-state index contributed by atoms with van der Waals surface area (Å²) in [6.07, 6.45) is 3.59. The number of carbonyl (C=O) groups excluding carboxylic acids is 1. The maximum absolute atomic E-state index is 12.5. The van der Waals surface area contributed by atoms with Gasteiger partial charge in [0.05, 0.1) is 13.2 Å². The Morgan fingerprint density at radius 1 is 1.12 bits per heavy atom. The van der Waals surface area contributed by atoms with Gasteiger partial charge in [-0.2, -0.15) is 0 Å². The molecule has 2 saturated heterocycles. The van der Waals surface area contributed by atoms with Crippen molar-refractivity contribution in [2.45, 2.75) is 38.1 Å². The van der Waals surface area contributed by atoms with Crippen LogP contribution in [0.15, 0.2) is 24.3 Å². The molecule has 0 bridgehead atoms. The van der Waals surface area contributed by atoms with Crippen molar-refractivity contribution >= 4 is 5.91 Å². The van der Waals surface area contributed by atoms with Crippen LogP contribution in [0.5, 0.6) is 0 Å². The van der Waals surface area contributed by atoms with Gasteiger partial charge in [-0.1, -0.05) is 29.8 Å². The van der Waals surface area contributed by atoms with Crippen LogP contribution in [0.2, 0.25) is 0 Å². The number of hydrogen-bond acceptors (Lipinski definition) is 4. The fourth-order valence-corrected chi connectivity index (χ4v) is 4.04. The number of likely N-dealkylation sites (tertiary alicyclic amines) is 1. The predicted octanol–water partition coefficient (Wildman–Crippen LogP) is 1.84. The Bertz CT molecular complexity index is 573. The lowest BCUT2D eigenvalue weighted by Gasteiger charge is -2.49. The lowest BCUT2D eigenvalue weighted by molar-refractivity contribution is -0.122. The molecule has 5 heteroatoms. The molecule has 26 heavy (non-hydrogen) atoms. The van der Waals surface area contributed by atoms with Crippen LogP contribution in [-0.2, 0) is 16.0 Å². The fourth-order valence-electron chi connectivity index (χ4n) is 4.04. The molecule has 0 aromatic heterocycles. The quantitative estimate of drug-likeness (QED) is 0.842. The second kappa shape index (κ2) is 8.98. The van der Waals surface area contributed by atoms with Gasteiger partial charge in [0.2, 0.25) is 5.91 Å². The van der Waals surface area contributed by atoms with E-state index >= 15 is 0 Å². The Morgan fingerprint density at radius 2 is 1.77 bits per heavy atom. The van der Waals surface area contributed by atoms with E-state index in [1.807, 2.05) is 0 Å². The first-order valence-electron chi connectivity index (χ1n) is 9.91. The number of hydrogen-bond donors (Lipinski definition) is 1. The third-order valence-corrected chi connectivity index (χ3v) is 5.98. The Balaban J connectivity index is 1.53. The molecule has 0 atom stereocenters. The van der Waals surface area contributed by atoms with Crippen LogP contribution in [-0.4, -0.2) is 74.2 Å². The molecule has 144 valence electrons. The number of amides is 1. The Hall–Kier alpha value is -1.43. The molecule has 0 radical (unpaired) electrons. The topological polar surface area (TPSA) is 44.8 Å². The van der Waals surface area contributed by atoms with Crippen molar-refractivity contribution in [3.8, 4) is 0 Å².